The quantitative estimate of drug-likeness (QED) is 0.464. The fraction of sp³-hybridized carbons (Fsp3) is 1.00. The number of hydrogen-bond acceptors (Lipinski definition) is 2. The molecule has 0 aliphatic carbocycles. The Bertz CT molecular complexity index is 87.1. The molecule has 0 aromatic rings. The first-order valence-electron chi connectivity index (χ1n) is 3.74. The van der Waals surface area contributed by atoms with Crippen molar-refractivity contribution in [1.82, 2.24) is 9.13 Å². The third-order valence-corrected chi connectivity index (χ3v) is 3.87. The summed E-state index contributed by atoms with van der Waals surface area (Å²) in [6.07, 6.45) is 1.37. The smallest absolute Gasteiger partial charge is 0.172 e. The van der Waals surface area contributed by atoms with Crippen LogP contribution in [0.5, 0.6) is 0 Å². The minimum atomic E-state index is 0.0135. The van der Waals surface area contributed by atoms with Gasteiger partial charge in [-0.15, -0.1) is 0 Å². The van der Waals surface area contributed by atoms with Gasteiger partial charge in [-0.2, -0.15) is 0 Å². The van der Waals surface area contributed by atoms with Crippen molar-refractivity contribution in [3.05, 3.63) is 0 Å². The van der Waals surface area contributed by atoms with Crippen LogP contribution in [-0.4, -0.2) is 45.7 Å². The molecule has 1 aliphatic heterocycles. The Kier molecular flexibility index (Phi) is 2.69. The zero-order chi connectivity index (χ0) is 6.69. The Morgan fingerprint density at radius 3 is 2.67 bits per heavy atom. The van der Waals surface area contributed by atoms with E-state index in [2.05, 4.69) is 23.1 Å². The highest BCUT2D eigenvalue weighted by Crippen LogP contribution is 1.99. The van der Waals surface area contributed by atoms with E-state index >= 15 is 0 Å². The summed E-state index contributed by atoms with van der Waals surface area (Å²) in [7, 11) is 2.26. The zero-order valence-electron chi connectivity index (χ0n) is 6.43. The average Bonchev–Trinajstić information content (AvgIpc) is 1.88. The van der Waals surface area contributed by atoms with Crippen LogP contribution < -0.4 is 0 Å². The lowest BCUT2D eigenvalue weighted by molar-refractivity contribution is 0.336. The van der Waals surface area contributed by atoms with Crippen LogP contribution in [0, 0.1) is 0 Å². The van der Waals surface area contributed by atoms with E-state index in [0.717, 1.165) is 0 Å². The van der Waals surface area contributed by atoms with Gasteiger partial charge in [0, 0.05) is 0 Å². The lowest BCUT2D eigenvalue weighted by Gasteiger charge is -2.31. The summed E-state index contributed by atoms with van der Waals surface area (Å²) in [4.78, 5) is 0. The predicted octanol–water partition coefficient (Wildman–Crippen LogP) is -0.357. The van der Waals surface area contributed by atoms with Crippen LogP contribution in [0.4, 0.5) is 0 Å². The number of nitrogens with zero attached hydrogens (tertiary/aromatic N) is 2. The Morgan fingerprint density at radius 2 is 2.22 bits per heavy atom. The molecule has 2 nitrogen and oxygen atoms in total. The largest absolute Gasteiger partial charge is 0.319 e. The Morgan fingerprint density at radius 1 is 1.44 bits per heavy atom. The van der Waals surface area contributed by atoms with Crippen LogP contribution in [0.25, 0.3) is 0 Å². The molecule has 1 rings (SSSR count). The lowest BCUT2D eigenvalue weighted by Crippen LogP contribution is -2.45. The van der Waals surface area contributed by atoms with Gasteiger partial charge in [0.2, 0.25) is 0 Å². The first-order valence-corrected chi connectivity index (χ1v) is 5.00. The van der Waals surface area contributed by atoms with Crippen LogP contribution in [0.3, 0.4) is 0 Å². The standard InChI is InChI=1S/C6H16N2Si/c1-3-8-6-4-5-7(2)9-8/h3-6,9H2,1-2H3. The molecule has 0 aromatic carbocycles. The molecule has 0 saturated carbocycles. The topological polar surface area (TPSA) is 6.48 Å². The minimum Gasteiger partial charge on any atom is -0.319 e. The van der Waals surface area contributed by atoms with Crippen molar-refractivity contribution in [3.63, 3.8) is 0 Å². The van der Waals surface area contributed by atoms with Crippen molar-refractivity contribution in [2.24, 2.45) is 0 Å². The molecule has 54 valence electrons. The Balaban J connectivity index is 2.23. The number of rotatable bonds is 1. The van der Waals surface area contributed by atoms with E-state index in [1.54, 1.807) is 0 Å². The molecule has 1 fully saturated rings. The maximum absolute atomic E-state index is 2.60. The van der Waals surface area contributed by atoms with E-state index in [-0.39, 0.29) is 9.84 Å². The van der Waals surface area contributed by atoms with Crippen LogP contribution in [0.15, 0.2) is 0 Å². The van der Waals surface area contributed by atoms with Crippen molar-refractivity contribution in [1.29, 1.82) is 0 Å². The van der Waals surface area contributed by atoms with Crippen molar-refractivity contribution >= 4 is 9.84 Å². The first-order chi connectivity index (χ1) is 4.33. The SMILES string of the molecule is CCN1CCCN(C)[SiH2]1. The molecule has 1 aliphatic rings. The lowest BCUT2D eigenvalue weighted by atomic mass is 10.4. The van der Waals surface area contributed by atoms with Crippen molar-refractivity contribution in [2.45, 2.75) is 13.3 Å². The summed E-state index contributed by atoms with van der Waals surface area (Å²) < 4.78 is 5.11. The minimum absolute atomic E-state index is 0.0135. The second-order valence-corrected chi connectivity index (χ2v) is 5.04. The van der Waals surface area contributed by atoms with Crippen LogP contribution in [-0.2, 0) is 0 Å². The van der Waals surface area contributed by atoms with Gasteiger partial charge in [0.25, 0.3) is 0 Å². The molecule has 0 atom stereocenters. The van der Waals surface area contributed by atoms with Gasteiger partial charge in [-0.05, 0) is 33.1 Å². The molecule has 0 amide bonds. The molecule has 3 heteroatoms. The fourth-order valence-corrected chi connectivity index (χ4v) is 2.92. The maximum Gasteiger partial charge on any atom is 0.172 e. The van der Waals surface area contributed by atoms with Crippen LogP contribution >= 0.6 is 0 Å². The molecule has 0 spiro atoms. The van der Waals surface area contributed by atoms with Gasteiger partial charge in [-0.1, -0.05) is 6.92 Å². The van der Waals surface area contributed by atoms with E-state index in [1.807, 2.05) is 0 Å². The Hall–Kier alpha value is 0.137. The van der Waals surface area contributed by atoms with E-state index in [0.29, 0.717) is 0 Å². The zero-order valence-corrected chi connectivity index (χ0v) is 7.84. The molecule has 1 heterocycles. The fourth-order valence-electron chi connectivity index (χ4n) is 1.31. The van der Waals surface area contributed by atoms with Crippen molar-refractivity contribution in [3.8, 4) is 0 Å². The molecule has 0 unspecified atom stereocenters. The van der Waals surface area contributed by atoms with Crippen molar-refractivity contribution < 1.29 is 0 Å². The predicted molar refractivity (Wildman–Crippen MR) is 43.0 cm³/mol. The Labute approximate surface area is 59.8 Å². The molecular weight excluding hydrogens is 128 g/mol. The van der Waals surface area contributed by atoms with E-state index in [4.69, 9.17) is 0 Å². The first kappa shape index (κ1) is 7.25. The summed E-state index contributed by atoms with van der Waals surface area (Å²) in [5, 5.41) is 0. The maximum atomic E-state index is 2.60. The third-order valence-electron chi connectivity index (χ3n) is 1.90. The highest BCUT2D eigenvalue weighted by molar-refractivity contribution is 6.28. The van der Waals surface area contributed by atoms with E-state index in [9.17, 15) is 0 Å². The normalized spacial score (nSPS) is 27.3. The molecule has 9 heavy (non-hydrogen) atoms. The van der Waals surface area contributed by atoms with Gasteiger partial charge in [0.1, 0.15) is 0 Å². The number of hydrogen-bond donors (Lipinski definition) is 0. The average molecular weight is 144 g/mol. The van der Waals surface area contributed by atoms with Crippen molar-refractivity contribution in [2.75, 3.05) is 26.7 Å². The second kappa shape index (κ2) is 3.34. The summed E-state index contributed by atoms with van der Waals surface area (Å²) in [6, 6.07) is 0. The monoisotopic (exact) mass is 144 g/mol. The van der Waals surface area contributed by atoms with Gasteiger partial charge in [0.15, 0.2) is 9.84 Å². The summed E-state index contributed by atoms with van der Waals surface area (Å²) in [5.74, 6) is 0. The molecular formula is C6H16N2Si. The highest BCUT2D eigenvalue weighted by Gasteiger charge is 2.11. The summed E-state index contributed by atoms with van der Waals surface area (Å²) in [6.45, 7) is 6.21. The highest BCUT2D eigenvalue weighted by atomic mass is 28.2. The van der Waals surface area contributed by atoms with Gasteiger partial charge >= 0.3 is 0 Å². The van der Waals surface area contributed by atoms with Gasteiger partial charge in [-0.25, -0.2) is 0 Å². The molecule has 0 radical (unpaired) electrons. The molecule has 0 N–H and O–H groups in total. The van der Waals surface area contributed by atoms with Gasteiger partial charge in [-0.3, -0.25) is 0 Å². The summed E-state index contributed by atoms with van der Waals surface area (Å²) in [5.41, 5.74) is 0. The molecule has 1 saturated heterocycles. The van der Waals surface area contributed by atoms with Gasteiger partial charge < -0.3 is 9.13 Å². The third kappa shape index (κ3) is 2.08. The van der Waals surface area contributed by atoms with E-state index in [1.165, 1.54) is 26.1 Å². The molecule has 0 aromatic heterocycles. The van der Waals surface area contributed by atoms with Crippen LogP contribution in [0.2, 0.25) is 0 Å². The summed E-state index contributed by atoms with van der Waals surface area (Å²) >= 11 is 0. The second-order valence-electron chi connectivity index (χ2n) is 2.79. The molecule has 0 bridgehead atoms. The van der Waals surface area contributed by atoms with Gasteiger partial charge in [0.05, 0.1) is 0 Å². The van der Waals surface area contributed by atoms with Crippen LogP contribution in [0.1, 0.15) is 13.3 Å². The van der Waals surface area contributed by atoms with E-state index < -0.39 is 0 Å².